The maximum atomic E-state index is 5.83. The van der Waals surface area contributed by atoms with E-state index in [9.17, 15) is 0 Å². The number of hydrazine groups is 1. The molecule has 0 bridgehead atoms. The van der Waals surface area contributed by atoms with Crippen LogP contribution in [0.4, 0.5) is 0 Å². The summed E-state index contributed by atoms with van der Waals surface area (Å²) in [5.41, 5.74) is 5.83. The zero-order valence-corrected chi connectivity index (χ0v) is 12.7. The van der Waals surface area contributed by atoms with Gasteiger partial charge in [-0.1, -0.05) is 74.0 Å². The van der Waals surface area contributed by atoms with Gasteiger partial charge >= 0.3 is 0 Å². The van der Waals surface area contributed by atoms with Crippen LogP contribution in [0.1, 0.15) is 30.9 Å². The average molecular weight is 284 g/mol. The van der Waals surface area contributed by atoms with Crippen LogP contribution in [0.5, 0.6) is 0 Å². The molecule has 0 spiro atoms. The van der Waals surface area contributed by atoms with Gasteiger partial charge in [-0.15, -0.1) is 5.17 Å². The summed E-state index contributed by atoms with van der Waals surface area (Å²) in [6, 6.07) is 20.7. The minimum Gasteiger partial charge on any atom is -0.284 e. The van der Waals surface area contributed by atoms with Crippen LogP contribution in [0, 0.1) is 0 Å². The second-order valence-corrected chi connectivity index (χ2v) is 5.03. The largest absolute Gasteiger partial charge is 0.284 e. The average Bonchev–Trinajstić information content (AvgIpc) is 2.54. The van der Waals surface area contributed by atoms with Crippen molar-refractivity contribution in [2.45, 2.75) is 32.9 Å². The highest BCUT2D eigenvalue weighted by Crippen LogP contribution is 2.05. The molecule has 0 fully saturated rings. The molecule has 0 aliphatic rings. The Kier molecular flexibility index (Phi) is 6.95. The van der Waals surface area contributed by atoms with Gasteiger partial charge in [-0.05, 0) is 17.5 Å². The highest BCUT2D eigenvalue weighted by Gasteiger charge is 2.06. The van der Waals surface area contributed by atoms with E-state index in [1.165, 1.54) is 11.1 Å². The lowest BCUT2D eigenvalue weighted by molar-refractivity contribution is -0.205. The molecule has 2 aromatic carbocycles. The molecule has 0 unspecified atom stereocenters. The predicted molar refractivity (Wildman–Crippen MR) is 86.1 cm³/mol. The lowest BCUT2D eigenvalue weighted by atomic mass is 10.2. The minimum atomic E-state index is 0.734. The van der Waals surface area contributed by atoms with E-state index in [4.69, 9.17) is 4.84 Å². The van der Waals surface area contributed by atoms with E-state index in [0.29, 0.717) is 0 Å². The van der Waals surface area contributed by atoms with Crippen LogP contribution in [0.3, 0.4) is 0 Å². The Balaban J connectivity index is 1.88. The predicted octanol–water partition coefficient (Wildman–Crippen LogP) is 3.93. The molecule has 0 aliphatic heterocycles. The molecular formula is C18H24N2O. The lowest BCUT2D eigenvalue weighted by Gasteiger charge is -2.23. The van der Waals surface area contributed by atoms with E-state index in [-0.39, 0.29) is 0 Å². The molecule has 2 aromatic rings. The quantitative estimate of drug-likeness (QED) is 0.558. The molecule has 0 radical (unpaired) electrons. The van der Waals surface area contributed by atoms with Crippen LogP contribution in [0.25, 0.3) is 0 Å². The van der Waals surface area contributed by atoms with Crippen LogP contribution in [-0.2, 0) is 17.9 Å². The molecule has 0 saturated heterocycles. The first kappa shape index (κ1) is 15.7. The molecule has 3 nitrogen and oxygen atoms in total. The summed E-state index contributed by atoms with van der Waals surface area (Å²) in [5.74, 6) is 0. The topological polar surface area (TPSA) is 24.5 Å². The normalized spacial score (nSPS) is 11.0. The zero-order valence-electron chi connectivity index (χ0n) is 12.7. The fourth-order valence-electron chi connectivity index (χ4n) is 1.99. The van der Waals surface area contributed by atoms with Gasteiger partial charge in [0.05, 0.1) is 13.2 Å². The first-order valence-corrected chi connectivity index (χ1v) is 7.60. The lowest BCUT2D eigenvalue weighted by Crippen LogP contribution is -2.37. The van der Waals surface area contributed by atoms with Crippen molar-refractivity contribution >= 4 is 0 Å². The van der Waals surface area contributed by atoms with Crippen molar-refractivity contribution in [1.29, 1.82) is 0 Å². The van der Waals surface area contributed by atoms with Crippen molar-refractivity contribution in [3.8, 4) is 0 Å². The third-order valence-electron chi connectivity index (χ3n) is 3.22. The first-order valence-electron chi connectivity index (χ1n) is 7.60. The Bertz CT molecular complexity index is 487. The molecule has 112 valence electrons. The van der Waals surface area contributed by atoms with Gasteiger partial charge in [-0.3, -0.25) is 4.84 Å². The summed E-state index contributed by atoms with van der Waals surface area (Å²) in [5, 5.41) is 1.85. The molecule has 2 rings (SSSR count). The van der Waals surface area contributed by atoms with Gasteiger partial charge in [0.1, 0.15) is 0 Å². The smallest absolute Gasteiger partial charge is 0.0701 e. The summed E-state index contributed by atoms with van der Waals surface area (Å²) in [4.78, 5) is 5.83. The summed E-state index contributed by atoms with van der Waals surface area (Å²) >= 11 is 0. The maximum Gasteiger partial charge on any atom is 0.0701 e. The summed E-state index contributed by atoms with van der Waals surface area (Å²) < 4.78 is 0. The molecule has 0 amide bonds. The molecular weight excluding hydrogens is 260 g/mol. The van der Waals surface area contributed by atoms with Crippen molar-refractivity contribution in [2.24, 2.45) is 0 Å². The van der Waals surface area contributed by atoms with E-state index >= 15 is 0 Å². The highest BCUT2D eigenvalue weighted by molar-refractivity contribution is 5.15. The molecule has 0 saturated carbocycles. The van der Waals surface area contributed by atoms with Crippen LogP contribution in [0.2, 0.25) is 0 Å². The third-order valence-corrected chi connectivity index (χ3v) is 3.22. The van der Waals surface area contributed by atoms with Gasteiger partial charge in [0.2, 0.25) is 0 Å². The number of hydrogen-bond donors (Lipinski definition) is 1. The summed E-state index contributed by atoms with van der Waals surface area (Å²) in [7, 11) is 0. The molecule has 0 aromatic heterocycles. The number of unbranched alkanes of at least 4 members (excludes halogenated alkanes) is 1. The summed E-state index contributed by atoms with van der Waals surface area (Å²) in [6.07, 6.45) is 2.20. The van der Waals surface area contributed by atoms with Crippen LogP contribution >= 0.6 is 0 Å². The van der Waals surface area contributed by atoms with Gasteiger partial charge in [0.15, 0.2) is 0 Å². The van der Waals surface area contributed by atoms with E-state index in [1.54, 1.807) is 0 Å². The summed E-state index contributed by atoms with van der Waals surface area (Å²) in [6.45, 7) is 4.41. The third kappa shape index (κ3) is 6.08. The zero-order chi connectivity index (χ0) is 14.8. The molecule has 1 N–H and O–H groups in total. The second kappa shape index (κ2) is 9.29. The van der Waals surface area contributed by atoms with Crippen molar-refractivity contribution in [3.63, 3.8) is 0 Å². The van der Waals surface area contributed by atoms with E-state index in [2.05, 4.69) is 60.9 Å². The monoisotopic (exact) mass is 284 g/mol. The van der Waals surface area contributed by atoms with E-state index in [0.717, 1.165) is 32.5 Å². The Hall–Kier alpha value is -1.68. The second-order valence-electron chi connectivity index (χ2n) is 5.03. The Morgan fingerprint density at radius 3 is 2.14 bits per heavy atom. The number of benzene rings is 2. The number of hydroxylamine groups is 1. The number of hydrogen-bond acceptors (Lipinski definition) is 3. The molecule has 0 atom stereocenters. The Morgan fingerprint density at radius 2 is 1.52 bits per heavy atom. The highest BCUT2D eigenvalue weighted by atomic mass is 16.7. The molecule has 3 heteroatoms. The van der Waals surface area contributed by atoms with Gasteiger partial charge in [-0.2, -0.15) is 0 Å². The number of nitrogens with one attached hydrogen (secondary N) is 1. The Morgan fingerprint density at radius 1 is 0.905 bits per heavy atom. The molecule has 21 heavy (non-hydrogen) atoms. The Labute approximate surface area is 127 Å². The minimum absolute atomic E-state index is 0.734. The van der Waals surface area contributed by atoms with Crippen molar-refractivity contribution in [1.82, 2.24) is 10.6 Å². The number of rotatable bonds is 9. The van der Waals surface area contributed by atoms with Crippen molar-refractivity contribution in [3.05, 3.63) is 71.8 Å². The SMILES string of the molecule is CCCCON(Cc1ccccc1)NCc1ccccc1. The fraction of sp³-hybridized carbons (Fsp3) is 0.333. The van der Waals surface area contributed by atoms with Crippen LogP contribution < -0.4 is 5.43 Å². The van der Waals surface area contributed by atoms with Crippen LogP contribution in [-0.4, -0.2) is 11.8 Å². The first-order chi connectivity index (χ1) is 10.4. The maximum absolute atomic E-state index is 5.83. The number of nitrogens with zero attached hydrogens (tertiary/aromatic N) is 1. The van der Waals surface area contributed by atoms with Gasteiger partial charge in [0.25, 0.3) is 0 Å². The van der Waals surface area contributed by atoms with E-state index < -0.39 is 0 Å². The fourth-order valence-corrected chi connectivity index (χ4v) is 1.99. The van der Waals surface area contributed by atoms with Crippen molar-refractivity contribution in [2.75, 3.05) is 6.61 Å². The van der Waals surface area contributed by atoms with Gasteiger partial charge < -0.3 is 0 Å². The van der Waals surface area contributed by atoms with Crippen molar-refractivity contribution < 1.29 is 4.84 Å². The standard InChI is InChI=1S/C18H24N2O/c1-2-3-14-21-20(16-18-12-8-5-9-13-18)19-15-17-10-6-4-7-11-17/h4-13,19H,2-3,14-16H2,1H3. The van der Waals surface area contributed by atoms with Gasteiger partial charge in [0, 0.05) is 6.54 Å². The van der Waals surface area contributed by atoms with Crippen LogP contribution in [0.15, 0.2) is 60.7 Å². The molecule has 0 heterocycles. The van der Waals surface area contributed by atoms with E-state index in [1.807, 2.05) is 17.3 Å². The van der Waals surface area contributed by atoms with Gasteiger partial charge in [-0.25, -0.2) is 5.43 Å². The molecule has 0 aliphatic carbocycles.